The van der Waals surface area contributed by atoms with Gasteiger partial charge in [-0.25, -0.2) is 0 Å². The third kappa shape index (κ3) is 3.79. The van der Waals surface area contributed by atoms with Crippen LogP contribution in [0.3, 0.4) is 0 Å². The van der Waals surface area contributed by atoms with Gasteiger partial charge in [0.25, 0.3) is 5.91 Å². The highest BCUT2D eigenvalue weighted by molar-refractivity contribution is 7.80. The fourth-order valence-electron chi connectivity index (χ4n) is 1.11. The summed E-state index contributed by atoms with van der Waals surface area (Å²) < 4.78 is 0. The Morgan fingerprint density at radius 3 is 2.56 bits per heavy atom. The molecule has 0 saturated heterocycles. The van der Waals surface area contributed by atoms with Crippen LogP contribution in [0.25, 0.3) is 0 Å². The predicted molar refractivity (Wildman–Crippen MR) is 69.8 cm³/mol. The van der Waals surface area contributed by atoms with E-state index in [1.54, 1.807) is 24.3 Å². The first kappa shape index (κ1) is 12.9. The quantitative estimate of drug-likeness (QED) is 0.799. The van der Waals surface area contributed by atoms with Crippen molar-refractivity contribution < 1.29 is 4.79 Å². The largest absolute Gasteiger partial charge is 0.360 e. The van der Waals surface area contributed by atoms with Gasteiger partial charge in [0.05, 0.1) is 10.6 Å². The molecule has 0 fully saturated rings. The van der Waals surface area contributed by atoms with Crippen LogP contribution in [-0.4, -0.2) is 17.1 Å². The summed E-state index contributed by atoms with van der Waals surface area (Å²) in [5.41, 5.74) is 0.414. The summed E-state index contributed by atoms with van der Waals surface area (Å²) in [6.45, 7) is 3.88. The molecule has 0 radical (unpaired) electrons. The molecular formula is C11H13ClN2OS. The second kappa shape index (κ2) is 5.82. The molecule has 0 spiro atoms. The van der Waals surface area contributed by atoms with E-state index in [-0.39, 0.29) is 11.9 Å². The average Bonchev–Trinajstić information content (AvgIpc) is 2.16. The first-order valence-corrected chi connectivity index (χ1v) is 5.65. The number of nitrogens with one attached hydrogen (secondary N) is 2. The maximum atomic E-state index is 11.7. The Hall–Kier alpha value is -1.13. The zero-order chi connectivity index (χ0) is 12.1. The molecule has 1 rings (SSSR count). The highest BCUT2D eigenvalue weighted by Crippen LogP contribution is 2.14. The number of carbonyl (C=O) groups excluding carboxylic acids is 1. The molecule has 0 saturated carbocycles. The molecule has 1 amide bonds. The van der Waals surface area contributed by atoms with Crippen LogP contribution >= 0.6 is 23.8 Å². The molecule has 5 heteroatoms. The zero-order valence-corrected chi connectivity index (χ0v) is 10.7. The molecule has 1 aromatic carbocycles. The van der Waals surface area contributed by atoms with Gasteiger partial charge in [-0.1, -0.05) is 23.7 Å². The van der Waals surface area contributed by atoms with Crippen LogP contribution in [0.1, 0.15) is 24.2 Å². The topological polar surface area (TPSA) is 41.1 Å². The van der Waals surface area contributed by atoms with Gasteiger partial charge in [0.1, 0.15) is 0 Å². The van der Waals surface area contributed by atoms with E-state index in [9.17, 15) is 4.79 Å². The summed E-state index contributed by atoms with van der Waals surface area (Å²) in [5.74, 6) is -0.302. The molecule has 0 atom stereocenters. The van der Waals surface area contributed by atoms with Crippen molar-refractivity contribution in [3.05, 3.63) is 34.9 Å². The second-order valence-electron chi connectivity index (χ2n) is 3.56. The van der Waals surface area contributed by atoms with Crippen molar-refractivity contribution in [2.45, 2.75) is 19.9 Å². The average molecular weight is 257 g/mol. The first-order chi connectivity index (χ1) is 7.50. The van der Waals surface area contributed by atoms with Gasteiger partial charge in [-0.05, 0) is 38.2 Å². The number of amides is 1. The van der Waals surface area contributed by atoms with Crippen LogP contribution in [0.15, 0.2) is 24.3 Å². The van der Waals surface area contributed by atoms with E-state index in [2.05, 4.69) is 10.6 Å². The van der Waals surface area contributed by atoms with Crippen LogP contribution in [0.2, 0.25) is 5.02 Å². The number of hydrogen-bond acceptors (Lipinski definition) is 2. The van der Waals surface area contributed by atoms with Gasteiger partial charge in [-0.15, -0.1) is 0 Å². The van der Waals surface area contributed by atoms with Crippen molar-refractivity contribution in [1.29, 1.82) is 0 Å². The van der Waals surface area contributed by atoms with Crippen molar-refractivity contribution in [3.8, 4) is 0 Å². The molecule has 2 N–H and O–H groups in total. The van der Waals surface area contributed by atoms with Crippen LogP contribution in [0.4, 0.5) is 0 Å². The fraction of sp³-hybridized carbons (Fsp3) is 0.273. The molecule has 0 aliphatic rings. The number of thiocarbonyl (C=S) groups is 1. The Kier molecular flexibility index (Phi) is 4.71. The Morgan fingerprint density at radius 2 is 2.00 bits per heavy atom. The SMILES string of the molecule is CC(C)NC(=S)NC(=O)c1ccccc1Cl. The first-order valence-electron chi connectivity index (χ1n) is 4.87. The molecule has 86 valence electrons. The van der Waals surface area contributed by atoms with Crippen molar-refractivity contribution in [2.75, 3.05) is 0 Å². The number of halogens is 1. The summed E-state index contributed by atoms with van der Waals surface area (Å²) in [6, 6.07) is 7.01. The lowest BCUT2D eigenvalue weighted by molar-refractivity contribution is 0.0976. The second-order valence-corrected chi connectivity index (χ2v) is 4.38. The molecule has 0 heterocycles. The van der Waals surface area contributed by atoms with Crippen molar-refractivity contribution in [1.82, 2.24) is 10.6 Å². The number of benzene rings is 1. The lowest BCUT2D eigenvalue weighted by Gasteiger charge is -2.12. The lowest BCUT2D eigenvalue weighted by Crippen LogP contribution is -2.42. The molecule has 0 aliphatic carbocycles. The molecule has 1 aromatic rings. The van der Waals surface area contributed by atoms with Crippen LogP contribution in [0, 0.1) is 0 Å². The molecule has 0 aromatic heterocycles. The van der Waals surface area contributed by atoms with E-state index in [4.69, 9.17) is 23.8 Å². The normalized spacial score (nSPS) is 10.0. The van der Waals surface area contributed by atoms with E-state index < -0.39 is 0 Å². The van der Waals surface area contributed by atoms with E-state index in [1.807, 2.05) is 13.8 Å². The van der Waals surface area contributed by atoms with E-state index >= 15 is 0 Å². The highest BCUT2D eigenvalue weighted by Gasteiger charge is 2.10. The standard InChI is InChI=1S/C11H13ClN2OS/c1-7(2)13-11(16)14-10(15)8-5-3-4-6-9(8)12/h3-7H,1-2H3,(H2,13,14,15,16). The third-order valence-electron chi connectivity index (χ3n) is 1.77. The van der Waals surface area contributed by atoms with Crippen molar-refractivity contribution in [2.24, 2.45) is 0 Å². The van der Waals surface area contributed by atoms with Gasteiger partial charge in [0.2, 0.25) is 0 Å². The van der Waals surface area contributed by atoms with E-state index in [0.29, 0.717) is 15.7 Å². The highest BCUT2D eigenvalue weighted by atomic mass is 35.5. The van der Waals surface area contributed by atoms with Gasteiger partial charge in [0, 0.05) is 6.04 Å². The Bertz CT molecular complexity index is 407. The van der Waals surface area contributed by atoms with Crippen molar-refractivity contribution in [3.63, 3.8) is 0 Å². The lowest BCUT2D eigenvalue weighted by atomic mass is 10.2. The molecule has 0 aliphatic heterocycles. The van der Waals surface area contributed by atoms with E-state index in [1.165, 1.54) is 0 Å². The smallest absolute Gasteiger partial charge is 0.258 e. The molecular weight excluding hydrogens is 244 g/mol. The van der Waals surface area contributed by atoms with Crippen LogP contribution in [0.5, 0.6) is 0 Å². The summed E-state index contributed by atoms with van der Waals surface area (Å²) in [6.07, 6.45) is 0. The summed E-state index contributed by atoms with van der Waals surface area (Å²) >= 11 is 10.8. The maximum Gasteiger partial charge on any atom is 0.258 e. The summed E-state index contributed by atoms with van der Waals surface area (Å²) in [5, 5.41) is 6.20. The molecule has 0 unspecified atom stereocenters. The Balaban J connectivity index is 2.66. The zero-order valence-electron chi connectivity index (χ0n) is 9.08. The van der Waals surface area contributed by atoms with Gasteiger partial charge in [-0.3, -0.25) is 10.1 Å². The van der Waals surface area contributed by atoms with Gasteiger partial charge >= 0.3 is 0 Å². The third-order valence-corrected chi connectivity index (χ3v) is 2.31. The molecule has 3 nitrogen and oxygen atoms in total. The number of hydrogen-bond donors (Lipinski definition) is 2. The molecule has 0 bridgehead atoms. The minimum atomic E-state index is -0.302. The van der Waals surface area contributed by atoms with Gasteiger partial charge < -0.3 is 5.32 Å². The van der Waals surface area contributed by atoms with Crippen molar-refractivity contribution >= 4 is 34.8 Å². The summed E-state index contributed by atoms with van der Waals surface area (Å²) in [4.78, 5) is 11.7. The number of carbonyl (C=O) groups is 1. The van der Waals surface area contributed by atoms with Gasteiger partial charge in [-0.2, -0.15) is 0 Å². The van der Waals surface area contributed by atoms with E-state index in [0.717, 1.165) is 0 Å². The predicted octanol–water partition coefficient (Wildman–Crippen LogP) is 2.35. The monoisotopic (exact) mass is 256 g/mol. The maximum absolute atomic E-state index is 11.7. The van der Waals surface area contributed by atoms with Gasteiger partial charge in [0.15, 0.2) is 5.11 Å². The minimum Gasteiger partial charge on any atom is -0.360 e. The molecule has 16 heavy (non-hydrogen) atoms. The fourth-order valence-corrected chi connectivity index (χ4v) is 1.66. The Morgan fingerprint density at radius 1 is 1.38 bits per heavy atom. The summed E-state index contributed by atoms with van der Waals surface area (Å²) in [7, 11) is 0. The van der Waals surface area contributed by atoms with Crippen LogP contribution < -0.4 is 10.6 Å². The Labute approximate surface area is 105 Å². The van der Waals surface area contributed by atoms with Crippen LogP contribution in [-0.2, 0) is 0 Å². The number of rotatable bonds is 2. The minimum absolute atomic E-state index is 0.180.